The monoisotopic (exact) mass is 300 g/mol. The van der Waals surface area contributed by atoms with Gasteiger partial charge in [0.05, 0.1) is 12.6 Å². The lowest BCUT2D eigenvalue weighted by atomic mass is 9.95. The van der Waals surface area contributed by atoms with E-state index in [-0.39, 0.29) is 5.56 Å². The highest BCUT2D eigenvalue weighted by Gasteiger charge is 2.17. The Hall–Kier alpha value is -1.91. The quantitative estimate of drug-likeness (QED) is 0.923. The maximum Gasteiger partial charge on any atom is 0.255 e. The molecule has 0 aliphatic rings. The van der Waals surface area contributed by atoms with Crippen LogP contribution in [0.15, 0.2) is 35.1 Å². The largest absolute Gasteiger partial charge is 0.383 e. The lowest BCUT2D eigenvalue weighted by Gasteiger charge is -2.18. The maximum absolute atomic E-state index is 12.7. The third-order valence-corrected chi connectivity index (χ3v) is 4.04. The summed E-state index contributed by atoms with van der Waals surface area (Å²) in [7, 11) is 1.63. The molecule has 1 atom stereocenters. The van der Waals surface area contributed by atoms with Crippen molar-refractivity contribution in [2.75, 3.05) is 13.7 Å². The van der Waals surface area contributed by atoms with E-state index in [0.717, 1.165) is 16.8 Å². The summed E-state index contributed by atoms with van der Waals surface area (Å²) in [5.41, 5.74) is 11.2. The lowest BCUT2D eigenvalue weighted by Crippen LogP contribution is -2.31. The molecule has 0 saturated carbocycles. The van der Waals surface area contributed by atoms with Gasteiger partial charge in [-0.15, -0.1) is 0 Å². The molecule has 4 heteroatoms. The predicted octanol–water partition coefficient (Wildman–Crippen LogP) is 2.47. The first kappa shape index (κ1) is 16.5. The number of aryl methyl sites for hydroxylation is 3. The van der Waals surface area contributed by atoms with Gasteiger partial charge >= 0.3 is 0 Å². The molecule has 1 aromatic carbocycles. The lowest BCUT2D eigenvalue weighted by molar-refractivity contribution is 0.185. The van der Waals surface area contributed by atoms with Crippen LogP contribution in [-0.2, 0) is 11.3 Å². The van der Waals surface area contributed by atoms with Crippen molar-refractivity contribution in [3.63, 3.8) is 0 Å². The summed E-state index contributed by atoms with van der Waals surface area (Å²) < 4.78 is 6.81. The molecule has 0 bridgehead atoms. The molecule has 1 heterocycles. The summed E-state index contributed by atoms with van der Waals surface area (Å²) in [5.74, 6) is 0. The van der Waals surface area contributed by atoms with Crippen molar-refractivity contribution in [1.29, 1.82) is 0 Å². The Morgan fingerprint density at radius 3 is 2.45 bits per heavy atom. The van der Waals surface area contributed by atoms with Crippen LogP contribution in [0.4, 0.5) is 0 Å². The van der Waals surface area contributed by atoms with Gasteiger partial charge in [0.1, 0.15) is 0 Å². The van der Waals surface area contributed by atoms with Crippen LogP contribution in [0, 0.1) is 20.8 Å². The number of benzene rings is 1. The summed E-state index contributed by atoms with van der Waals surface area (Å²) in [6.45, 7) is 7.03. The Balaban J connectivity index is 2.46. The Labute approximate surface area is 131 Å². The molecule has 2 rings (SSSR count). The van der Waals surface area contributed by atoms with Crippen LogP contribution in [0.3, 0.4) is 0 Å². The minimum atomic E-state index is -0.414. The van der Waals surface area contributed by atoms with Gasteiger partial charge in [0.2, 0.25) is 0 Å². The SMILES string of the molecule is COCCn1c(C)ccc(C(N)c2ccc(C)cc2C)c1=O. The van der Waals surface area contributed by atoms with E-state index in [1.807, 2.05) is 45.0 Å². The van der Waals surface area contributed by atoms with Crippen LogP contribution in [0.1, 0.15) is 34.0 Å². The number of nitrogens with two attached hydrogens (primary N) is 1. The van der Waals surface area contributed by atoms with Crippen molar-refractivity contribution in [3.8, 4) is 0 Å². The fourth-order valence-corrected chi connectivity index (χ4v) is 2.73. The highest BCUT2D eigenvalue weighted by Crippen LogP contribution is 2.21. The molecule has 118 valence electrons. The number of methoxy groups -OCH3 is 1. The molecule has 1 aromatic heterocycles. The van der Waals surface area contributed by atoms with Gasteiger partial charge in [-0.25, -0.2) is 0 Å². The highest BCUT2D eigenvalue weighted by molar-refractivity contribution is 5.38. The average molecular weight is 300 g/mol. The average Bonchev–Trinajstić information content (AvgIpc) is 2.46. The van der Waals surface area contributed by atoms with Gasteiger partial charge < -0.3 is 15.0 Å². The maximum atomic E-state index is 12.7. The first-order valence-corrected chi connectivity index (χ1v) is 7.47. The minimum absolute atomic E-state index is 0.0375. The van der Waals surface area contributed by atoms with Crippen LogP contribution in [0.5, 0.6) is 0 Å². The van der Waals surface area contributed by atoms with Crippen molar-refractivity contribution in [3.05, 3.63) is 68.6 Å². The third-order valence-electron chi connectivity index (χ3n) is 4.04. The van der Waals surface area contributed by atoms with Crippen molar-refractivity contribution < 1.29 is 4.74 Å². The van der Waals surface area contributed by atoms with Crippen LogP contribution >= 0.6 is 0 Å². The summed E-state index contributed by atoms with van der Waals surface area (Å²) in [5, 5.41) is 0. The van der Waals surface area contributed by atoms with E-state index in [0.29, 0.717) is 18.7 Å². The standard InChI is InChI=1S/C18H24N2O2/c1-12-5-7-15(13(2)11-12)17(19)16-8-6-14(3)20(18(16)21)9-10-22-4/h5-8,11,17H,9-10,19H2,1-4H3. The third kappa shape index (κ3) is 3.29. The Morgan fingerprint density at radius 1 is 1.14 bits per heavy atom. The van der Waals surface area contributed by atoms with E-state index < -0.39 is 6.04 Å². The highest BCUT2D eigenvalue weighted by atomic mass is 16.5. The van der Waals surface area contributed by atoms with Crippen LogP contribution in [0.25, 0.3) is 0 Å². The molecule has 2 aromatic rings. The van der Waals surface area contributed by atoms with Gasteiger partial charge in [0.15, 0.2) is 0 Å². The number of ether oxygens (including phenoxy) is 1. The van der Waals surface area contributed by atoms with Crippen molar-refractivity contribution in [1.82, 2.24) is 4.57 Å². The van der Waals surface area contributed by atoms with E-state index >= 15 is 0 Å². The van der Waals surface area contributed by atoms with Crippen LogP contribution in [0.2, 0.25) is 0 Å². The molecule has 0 spiro atoms. The molecule has 0 saturated heterocycles. The zero-order chi connectivity index (χ0) is 16.3. The van der Waals surface area contributed by atoms with Gasteiger partial charge in [-0.1, -0.05) is 23.8 Å². The molecular weight excluding hydrogens is 276 g/mol. The van der Waals surface area contributed by atoms with Gasteiger partial charge in [-0.2, -0.15) is 0 Å². The van der Waals surface area contributed by atoms with Crippen molar-refractivity contribution in [2.45, 2.75) is 33.4 Å². The Bertz CT molecular complexity index is 720. The molecule has 0 aliphatic carbocycles. The second kappa shape index (κ2) is 6.90. The number of rotatable bonds is 5. The van der Waals surface area contributed by atoms with E-state index in [2.05, 4.69) is 6.07 Å². The number of nitrogens with zero attached hydrogens (tertiary/aromatic N) is 1. The van der Waals surface area contributed by atoms with Crippen molar-refractivity contribution >= 4 is 0 Å². The van der Waals surface area contributed by atoms with Crippen LogP contribution in [-0.4, -0.2) is 18.3 Å². The fourth-order valence-electron chi connectivity index (χ4n) is 2.73. The second-order valence-corrected chi connectivity index (χ2v) is 5.72. The number of aromatic nitrogens is 1. The van der Waals surface area contributed by atoms with Crippen molar-refractivity contribution in [2.24, 2.45) is 5.73 Å². The predicted molar refractivity (Wildman–Crippen MR) is 89.3 cm³/mol. The van der Waals surface area contributed by atoms with E-state index in [4.69, 9.17) is 10.5 Å². The molecule has 0 amide bonds. The zero-order valence-electron chi connectivity index (χ0n) is 13.7. The molecule has 1 unspecified atom stereocenters. The summed E-state index contributed by atoms with van der Waals surface area (Å²) in [4.78, 5) is 12.7. The van der Waals surface area contributed by atoms with Crippen LogP contribution < -0.4 is 11.3 Å². The van der Waals surface area contributed by atoms with Gasteiger partial charge in [0.25, 0.3) is 5.56 Å². The van der Waals surface area contributed by atoms with E-state index in [9.17, 15) is 4.79 Å². The van der Waals surface area contributed by atoms with E-state index in [1.165, 1.54) is 5.56 Å². The molecule has 0 radical (unpaired) electrons. The van der Waals surface area contributed by atoms with Gasteiger partial charge in [0, 0.05) is 24.9 Å². The Kier molecular flexibility index (Phi) is 5.16. The normalized spacial score (nSPS) is 12.4. The molecule has 2 N–H and O–H groups in total. The summed E-state index contributed by atoms with van der Waals surface area (Å²) in [6, 6.07) is 9.49. The second-order valence-electron chi connectivity index (χ2n) is 5.72. The number of pyridine rings is 1. The van der Waals surface area contributed by atoms with E-state index in [1.54, 1.807) is 11.7 Å². The summed E-state index contributed by atoms with van der Waals surface area (Å²) in [6.07, 6.45) is 0. The number of hydrogen-bond acceptors (Lipinski definition) is 3. The number of hydrogen-bond donors (Lipinski definition) is 1. The summed E-state index contributed by atoms with van der Waals surface area (Å²) >= 11 is 0. The van der Waals surface area contributed by atoms with Gasteiger partial charge in [-0.3, -0.25) is 4.79 Å². The topological polar surface area (TPSA) is 57.2 Å². The Morgan fingerprint density at radius 2 is 1.82 bits per heavy atom. The smallest absolute Gasteiger partial charge is 0.255 e. The first-order valence-electron chi connectivity index (χ1n) is 7.47. The molecular formula is C18H24N2O2. The first-order chi connectivity index (χ1) is 10.5. The molecule has 0 aliphatic heterocycles. The molecule has 0 fully saturated rings. The fraction of sp³-hybridized carbons (Fsp3) is 0.389. The minimum Gasteiger partial charge on any atom is -0.383 e. The molecule has 4 nitrogen and oxygen atoms in total. The zero-order valence-corrected chi connectivity index (χ0v) is 13.7. The van der Waals surface area contributed by atoms with Gasteiger partial charge in [-0.05, 0) is 44.0 Å². The molecule has 22 heavy (non-hydrogen) atoms.